The highest BCUT2D eigenvalue weighted by molar-refractivity contribution is 6.05. The van der Waals surface area contributed by atoms with E-state index in [0.29, 0.717) is 35.6 Å². The van der Waals surface area contributed by atoms with E-state index in [0.717, 1.165) is 24.1 Å². The van der Waals surface area contributed by atoms with Crippen LogP contribution in [0.4, 0.5) is 21.5 Å². The van der Waals surface area contributed by atoms with Gasteiger partial charge in [0.25, 0.3) is 11.8 Å². The lowest BCUT2D eigenvalue weighted by Crippen LogP contribution is -2.37. The maximum Gasteiger partial charge on any atom is 0.255 e. The predicted octanol–water partition coefficient (Wildman–Crippen LogP) is 4.22. The number of fused-ring (bicyclic) bond motifs is 1. The molecule has 8 heteroatoms. The molecule has 0 aliphatic carbocycles. The number of benzene rings is 3. The molecule has 7 nitrogen and oxygen atoms in total. The van der Waals surface area contributed by atoms with Crippen molar-refractivity contribution in [2.45, 2.75) is 19.8 Å². The summed E-state index contributed by atoms with van der Waals surface area (Å²) < 4.78 is 13.2. The van der Waals surface area contributed by atoms with E-state index in [9.17, 15) is 18.8 Å². The maximum atomic E-state index is 13.2. The Morgan fingerprint density at radius 1 is 0.914 bits per heavy atom. The summed E-state index contributed by atoms with van der Waals surface area (Å²) in [6.07, 6.45) is 1.60. The zero-order valence-corrected chi connectivity index (χ0v) is 19.4. The Morgan fingerprint density at radius 2 is 1.69 bits per heavy atom. The fourth-order valence-electron chi connectivity index (χ4n) is 4.15. The van der Waals surface area contributed by atoms with Crippen molar-refractivity contribution in [3.05, 3.63) is 89.2 Å². The Kier molecular flexibility index (Phi) is 7.40. The summed E-state index contributed by atoms with van der Waals surface area (Å²) in [4.78, 5) is 39.5. The third-order valence-corrected chi connectivity index (χ3v) is 5.78. The third-order valence-electron chi connectivity index (χ3n) is 5.78. The zero-order chi connectivity index (χ0) is 24.8. The van der Waals surface area contributed by atoms with E-state index in [2.05, 4.69) is 16.0 Å². The number of amides is 3. The van der Waals surface area contributed by atoms with Crippen LogP contribution in [0.2, 0.25) is 0 Å². The smallest absolute Gasteiger partial charge is 0.255 e. The number of anilines is 3. The molecule has 4 rings (SSSR count). The van der Waals surface area contributed by atoms with Crippen LogP contribution in [0.1, 0.15) is 39.6 Å². The highest BCUT2D eigenvalue weighted by Crippen LogP contribution is 2.33. The minimum atomic E-state index is -0.400. The van der Waals surface area contributed by atoms with Crippen molar-refractivity contribution in [1.29, 1.82) is 0 Å². The SMILES string of the molecule is CCNC(=O)c1cccc(NC(=O)CN2CCCc3c(NC(=O)c4ccc(F)cc4)cccc32)c1. The number of hydrogen-bond acceptors (Lipinski definition) is 4. The van der Waals surface area contributed by atoms with Crippen LogP contribution in [0, 0.1) is 5.82 Å². The Bertz CT molecular complexity index is 1240. The number of nitrogens with one attached hydrogen (secondary N) is 3. The van der Waals surface area contributed by atoms with Crippen LogP contribution in [-0.4, -0.2) is 37.4 Å². The molecule has 0 atom stereocenters. The van der Waals surface area contributed by atoms with Crippen LogP contribution < -0.4 is 20.9 Å². The minimum Gasteiger partial charge on any atom is -0.362 e. The molecule has 0 aromatic heterocycles. The zero-order valence-electron chi connectivity index (χ0n) is 19.4. The first kappa shape index (κ1) is 23.9. The molecule has 1 aliphatic rings. The van der Waals surface area contributed by atoms with Crippen LogP contribution in [0.25, 0.3) is 0 Å². The normalized spacial score (nSPS) is 12.5. The van der Waals surface area contributed by atoms with Crippen molar-refractivity contribution in [3.8, 4) is 0 Å². The van der Waals surface area contributed by atoms with Crippen LogP contribution in [-0.2, 0) is 11.2 Å². The molecular weight excluding hydrogens is 447 g/mol. The second-order valence-electron chi connectivity index (χ2n) is 8.28. The molecule has 35 heavy (non-hydrogen) atoms. The van der Waals surface area contributed by atoms with Gasteiger partial charge in [0, 0.05) is 41.3 Å². The molecule has 0 spiro atoms. The largest absolute Gasteiger partial charge is 0.362 e. The Morgan fingerprint density at radius 3 is 2.46 bits per heavy atom. The van der Waals surface area contributed by atoms with Gasteiger partial charge < -0.3 is 20.9 Å². The fraction of sp³-hybridized carbons (Fsp3) is 0.222. The lowest BCUT2D eigenvalue weighted by atomic mass is 9.99. The highest BCUT2D eigenvalue weighted by Gasteiger charge is 2.22. The van der Waals surface area contributed by atoms with Crippen LogP contribution >= 0.6 is 0 Å². The summed E-state index contributed by atoms with van der Waals surface area (Å²) in [5.41, 5.74) is 3.92. The van der Waals surface area contributed by atoms with E-state index in [4.69, 9.17) is 0 Å². The summed E-state index contributed by atoms with van der Waals surface area (Å²) in [6.45, 7) is 3.21. The van der Waals surface area contributed by atoms with Gasteiger partial charge in [-0.25, -0.2) is 4.39 Å². The van der Waals surface area contributed by atoms with E-state index < -0.39 is 5.82 Å². The second kappa shape index (κ2) is 10.8. The molecule has 0 saturated heterocycles. The average Bonchev–Trinajstić information content (AvgIpc) is 2.85. The standard InChI is InChI=1S/C27H27FN4O3/c1-2-29-26(34)19-6-3-7-21(16-19)30-25(33)17-32-15-5-8-22-23(9-4-10-24(22)32)31-27(35)18-11-13-20(28)14-12-18/h3-4,6-7,9-14,16H,2,5,8,15,17H2,1H3,(H,29,34)(H,30,33)(H,31,35). The molecule has 3 aromatic carbocycles. The Balaban J connectivity index is 1.45. The van der Waals surface area contributed by atoms with Gasteiger partial charge in [0.05, 0.1) is 6.54 Å². The molecule has 1 heterocycles. The fourth-order valence-corrected chi connectivity index (χ4v) is 4.15. The van der Waals surface area contributed by atoms with E-state index >= 15 is 0 Å². The lowest BCUT2D eigenvalue weighted by Gasteiger charge is -2.32. The summed E-state index contributed by atoms with van der Waals surface area (Å²) in [5, 5.41) is 8.53. The highest BCUT2D eigenvalue weighted by atomic mass is 19.1. The second-order valence-corrected chi connectivity index (χ2v) is 8.28. The molecule has 0 fully saturated rings. The molecular formula is C27H27FN4O3. The van der Waals surface area contributed by atoms with Crippen molar-refractivity contribution in [2.24, 2.45) is 0 Å². The van der Waals surface area contributed by atoms with Gasteiger partial charge in [0.15, 0.2) is 0 Å². The summed E-state index contributed by atoms with van der Waals surface area (Å²) in [7, 11) is 0. The lowest BCUT2D eigenvalue weighted by molar-refractivity contribution is -0.115. The van der Waals surface area contributed by atoms with Crippen LogP contribution in [0.15, 0.2) is 66.7 Å². The van der Waals surface area contributed by atoms with Crippen molar-refractivity contribution >= 4 is 34.8 Å². The molecule has 0 unspecified atom stereocenters. The maximum absolute atomic E-state index is 13.2. The molecule has 1 aliphatic heterocycles. The van der Waals surface area contributed by atoms with Crippen molar-refractivity contribution < 1.29 is 18.8 Å². The first-order valence-corrected chi connectivity index (χ1v) is 11.6. The van der Waals surface area contributed by atoms with Gasteiger partial charge >= 0.3 is 0 Å². The van der Waals surface area contributed by atoms with Gasteiger partial charge in [-0.1, -0.05) is 12.1 Å². The Hall–Kier alpha value is -4.20. The number of halogens is 1. The molecule has 0 radical (unpaired) electrons. The van der Waals surface area contributed by atoms with E-state index in [-0.39, 0.29) is 24.3 Å². The predicted molar refractivity (Wildman–Crippen MR) is 134 cm³/mol. The van der Waals surface area contributed by atoms with Crippen LogP contribution in [0.5, 0.6) is 0 Å². The van der Waals surface area contributed by atoms with Gasteiger partial charge in [0.1, 0.15) is 5.82 Å². The number of carbonyl (C=O) groups excluding carboxylic acids is 3. The Labute approximate surface area is 203 Å². The molecule has 0 saturated carbocycles. The van der Waals surface area contributed by atoms with E-state index in [1.54, 1.807) is 24.3 Å². The van der Waals surface area contributed by atoms with Crippen molar-refractivity contribution in [2.75, 3.05) is 35.2 Å². The average molecular weight is 475 g/mol. The van der Waals surface area contributed by atoms with Gasteiger partial charge in [-0.2, -0.15) is 0 Å². The van der Waals surface area contributed by atoms with Gasteiger partial charge in [-0.3, -0.25) is 14.4 Å². The van der Waals surface area contributed by atoms with E-state index in [1.807, 2.05) is 30.0 Å². The van der Waals surface area contributed by atoms with Crippen LogP contribution in [0.3, 0.4) is 0 Å². The topological polar surface area (TPSA) is 90.5 Å². The number of hydrogen-bond donors (Lipinski definition) is 3. The van der Waals surface area contributed by atoms with Gasteiger partial charge in [-0.05, 0) is 79.9 Å². The minimum absolute atomic E-state index is 0.133. The summed E-state index contributed by atoms with van der Waals surface area (Å²) >= 11 is 0. The molecule has 3 aromatic rings. The van der Waals surface area contributed by atoms with Crippen molar-refractivity contribution in [1.82, 2.24) is 5.32 Å². The quantitative estimate of drug-likeness (QED) is 0.478. The van der Waals surface area contributed by atoms with Gasteiger partial charge in [0.2, 0.25) is 5.91 Å². The number of nitrogens with zero attached hydrogens (tertiary/aromatic N) is 1. The molecule has 3 N–H and O–H groups in total. The van der Waals surface area contributed by atoms with Gasteiger partial charge in [-0.15, -0.1) is 0 Å². The number of carbonyl (C=O) groups is 3. The number of rotatable bonds is 7. The monoisotopic (exact) mass is 474 g/mol. The third kappa shape index (κ3) is 5.84. The molecule has 3 amide bonds. The van der Waals surface area contributed by atoms with E-state index in [1.165, 1.54) is 24.3 Å². The first-order valence-electron chi connectivity index (χ1n) is 11.6. The van der Waals surface area contributed by atoms with Crippen molar-refractivity contribution in [3.63, 3.8) is 0 Å². The molecule has 180 valence electrons. The molecule has 0 bridgehead atoms. The summed E-state index contributed by atoms with van der Waals surface area (Å²) in [5.74, 6) is -1.11. The first-order chi connectivity index (χ1) is 16.9. The summed E-state index contributed by atoms with van der Waals surface area (Å²) in [6, 6.07) is 17.8.